The number of para-hydroxylation sites is 1. The van der Waals surface area contributed by atoms with E-state index in [1.807, 2.05) is 72.8 Å². The summed E-state index contributed by atoms with van der Waals surface area (Å²) in [5, 5.41) is 0. The van der Waals surface area contributed by atoms with E-state index in [9.17, 15) is 14.4 Å². The Hall–Kier alpha value is -4.57. The van der Waals surface area contributed by atoms with E-state index in [1.54, 1.807) is 30.3 Å². The van der Waals surface area contributed by atoms with Gasteiger partial charge in [0.1, 0.15) is 11.2 Å². The number of fused-ring (bicyclic) bond motifs is 2. The van der Waals surface area contributed by atoms with Gasteiger partial charge in [0.25, 0.3) is 0 Å². The number of carbonyl (C=O) groups excluding carboxylic acids is 3. The van der Waals surface area contributed by atoms with Crippen LogP contribution in [0.4, 0.5) is 0 Å². The minimum atomic E-state index is -1.42. The summed E-state index contributed by atoms with van der Waals surface area (Å²) in [6.45, 7) is 0. The van der Waals surface area contributed by atoms with Crippen LogP contribution in [0.1, 0.15) is 31.8 Å². The number of esters is 1. The van der Waals surface area contributed by atoms with Crippen LogP contribution in [-0.2, 0) is 16.6 Å². The summed E-state index contributed by atoms with van der Waals surface area (Å²) in [5.74, 6) is -0.757. The van der Waals surface area contributed by atoms with Crippen molar-refractivity contribution >= 4 is 17.5 Å². The number of benzene rings is 4. The zero-order chi connectivity index (χ0) is 24.0. The molecule has 1 atom stereocenters. The van der Waals surface area contributed by atoms with Gasteiger partial charge in [-0.15, -0.1) is 0 Å². The molecule has 4 nitrogen and oxygen atoms in total. The summed E-state index contributed by atoms with van der Waals surface area (Å²) in [4.78, 5) is 41.3. The molecule has 6 rings (SSSR count). The van der Waals surface area contributed by atoms with Gasteiger partial charge in [-0.3, -0.25) is 14.4 Å². The number of allylic oxidation sites excluding steroid dienone is 1. The summed E-state index contributed by atoms with van der Waals surface area (Å²) < 4.78 is 5.69. The van der Waals surface area contributed by atoms with Gasteiger partial charge >= 0.3 is 5.97 Å². The topological polar surface area (TPSA) is 60.4 Å². The lowest BCUT2D eigenvalue weighted by Gasteiger charge is -2.31. The van der Waals surface area contributed by atoms with Gasteiger partial charge in [0, 0.05) is 22.3 Å². The van der Waals surface area contributed by atoms with E-state index >= 15 is 0 Å². The van der Waals surface area contributed by atoms with Gasteiger partial charge in [0.2, 0.25) is 0 Å². The second kappa shape index (κ2) is 8.03. The molecule has 1 aliphatic heterocycles. The molecule has 4 aromatic carbocycles. The molecule has 0 fully saturated rings. The van der Waals surface area contributed by atoms with E-state index in [1.165, 1.54) is 6.08 Å². The molecule has 0 unspecified atom stereocenters. The Balaban J connectivity index is 1.59. The van der Waals surface area contributed by atoms with E-state index in [0.717, 1.165) is 11.1 Å². The van der Waals surface area contributed by atoms with Gasteiger partial charge in [0.05, 0.1) is 0 Å². The number of hydrogen-bond acceptors (Lipinski definition) is 4. The summed E-state index contributed by atoms with van der Waals surface area (Å²) in [5.41, 5.74) is 2.36. The number of Topliss-reactive ketones (excluding diaryl/α,β-unsaturated/α-hetero) is 1. The van der Waals surface area contributed by atoms with Crippen molar-refractivity contribution in [1.82, 2.24) is 0 Å². The maximum atomic E-state index is 14.3. The molecule has 0 bridgehead atoms. The van der Waals surface area contributed by atoms with Crippen LogP contribution >= 0.6 is 0 Å². The fraction of sp³-hybridized carbons (Fsp3) is 0.0645. The summed E-state index contributed by atoms with van der Waals surface area (Å²) in [6, 6.07) is 31.4. The lowest BCUT2D eigenvalue weighted by atomic mass is 9.66. The summed E-state index contributed by atoms with van der Waals surface area (Å²) in [7, 11) is 0. The maximum absolute atomic E-state index is 14.3. The number of hydrogen-bond donors (Lipinski definition) is 0. The predicted octanol–water partition coefficient (Wildman–Crippen LogP) is 5.76. The van der Waals surface area contributed by atoms with Crippen LogP contribution in [0.15, 0.2) is 115 Å². The second-order valence-electron chi connectivity index (χ2n) is 8.80. The minimum Gasteiger partial charge on any atom is -0.425 e. The average molecular weight is 456 g/mol. The molecule has 168 valence electrons. The first-order valence-electron chi connectivity index (χ1n) is 11.4. The Morgan fingerprint density at radius 1 is 0.657 bits per heavy atom. The van der Waals surface area contributed by atoms with Gasteiger partial charge < -0.3 is 4.74 Å². The Morgan fingerprint density at radius 2 is 1.31 bits per heavy atom. The molecular weight excluding hydrogens is 436 g/mol. The zero-order valence-corrected chi connectivity index (χ0v) is 18.7. The van der Waals surface area contributed by atoms with Gasteiger partial charge in [-0.05, 0) is 35.3 Å². The van der Waals surface area contributed by atoms with Crippen LogP contribution in [0.25, 0.3) is 11.1 Å². The third-order valence-corrected chi connectivity index (χ3v) is 6.83. The first-order valence-corrected chi connectivity index (χ1v) is 11.4. The fourth-order valence-electron chi connectivity index (χ4n) is 5.21. The van der Waals surface area contributed by atoms with E-state index in [4.69, 9.17) is 4.74 Å². The van der Waals surface area contributed by atoms with Crippen LogP contribution in [0.2, 0.25) is 0 Å². The highest BCUT2D eigenvalue weighted by atomic mass is 16.5. The molecule has 2 aliphatic rings. The highest BCUT2D eigenvalue weighted by Gasteiger charge is 2.55. The molecule has 0 N–H and O–H groups in total. The van der Waals surface area contributed by atoms with Crippen LogP contribution in [-0.4, -0.2) is 17.5 Å². The first kappa shape index (κ1) is 21.0. The molecule has 0 saturated carbocycles. The molecule has 35 heavy (non-hydrogen) atoms. The summed E-state index contributed by atoms with van der Waals surface area (Å²) in [6.07, 6.45) is 1.54. The molecule has 0 aromatic heterocycles. The lowest BCUT2D eigenvalue weighted by molar-refractivity contribution is -0.136. The van der Waals surface area contributed by atoms with Gasteiger partial charge in [-0.2, -0.15) is 0 Å². The SMILES string of the molecule is O=C1C=C([C@]2(Cc3ccccc3)C(=O)Oc3ccccc32)C(=O)c2c1cccc2-c1ccccc1. The van der Waals surface area contributed by atoms with E-state index in [2.05, 4.69) is 0 Å². The maximum Gasteiger partial charge on any atom is 0.327 e. The van der Waals surface area contributed by atoms with Gasteiger partial charge in [0.15, 0.2) is 11.6 Å². The third kappa shape index (κ3) is 3.18. The fourth-order valence-corrected chi connectivity index (χ4v) is 5.21. The zero-order valence-electron chi connectivity index (χ0n) is 18.7. The Morgan fingerprint density at radius 3 is 2.09 bits per heavy atom. The quantitative estimate of drug-likeness (QED) is 0.289. The van der Waals surface area contributed by atoms with Crippen LogP contribution < -0.4 is 4.74 Å². The molecule has 1 heterocycles. The van der Waals surface area contributed by atoms with Crippen LogP contribution in [0.3, 0.4) is 0 Å². The molecule has 4 aromatic rings. The molecule has 4 heteroatoms. The Labute approximate surface area is 202 Å². The van der Waals surface area contributed by atoms with Crippen molar-refractivity contribution in [2.75, 3.05) is 0 Å². The largest absolute Gasteiger partial charge is 0.425 e. The molecule has 0 saturated heterocycles. The highest BCUT2D eigenvalue weighted by Crippen LogP contribution is 2.49. The van der Waals surface area contributed by atoms with Crippen LogP contribution in [0.5, 0.6) is 5.75 Å². The van der Waals surface area contributed by atoms with E-state index in [0.29, 0.717) is 28.0 Å². The van der Waals surface area contributed by atoms with Gasteiger partial charge in [-0.25, -0.2) is 0 Å². The molecule has 0 radical (unpaired) electrons. The highest BCUT2D eigenvalue weighted by molar-refractivity contribution is 6.29. The number of carbonyl (C=O) groups is 3. The molecule has 0 spiro atoms. The van der Waals surface area contributed by atoms with Crippen molar-refractivity contribution in [3.8, 4) is 16.9 Å². The second-order valence-corrected chi connectivity index (χ2v) is 8.80. The van der Waals surface area contributed by atoms with Crippen LogP contribution in [0, 0.1) is 0 Å². The normalized spacial score (nSPS) is 18.5. The lowest BCUT2D eigenvalue weighted by Crippen LogP contribution is -2.43. The number of rotatable bonds is 4. The first-order chi connectivity index (χ1) is 17.1. The molecular formula is C31H20O4. The van der Waals surface area contributed by atoms with Crippen molar-refractivity contribution in [3.63, 3.8) is 0 Å². The van der Waals surface area contributed by atoms with Crippen molar-refractivity contribution in [2.24, 2.45) is 0 Å². The van der Waals surface area contributed by atoms with E-state index in [-0.39, 0.29) is 23.6 Å². The monoisotopic (exact) mass is 456 g/mol. The van der Waals surface area contributed by atoms with Crippen molar-refractivity contribution < 1.29 is 19.1 Å². The number of ketones is 2. The minimum absolute atomic E-state index is 0.150. The Kier molecular flexibility index (Phi) is 4.82. The average Bonchev–Trinajstić information content (AvgIpc) is 3.18. The Bertz CT molecular complexity index is 1530. The summed E-state index contributed by atoms with van der Waals surface area (Å²) >= 11 is 0. The standard InChI is InChI=1S/C31H20O4/c32-26-18-25(29(33)28-22(14-9-15-23(26)28)21-12-5-2-6-13-21)31(19-20-10-3-1-4-11-20)24-16-7-8-17-27(24)35-30(31)34/h1-18H,19H2/t31-/m1/s1. The molecule has 1 aliphatic carbocycles. The van der Waals surface area contributed by atoms with Crippen molar-refractivity contribution in [3.05, 3.63) is 137 Å². The predicted molar refractivity (Wildman–Crippen MR) is 133 cm³/mol. The third-order valence-electron chi connectivity index (χ3n) is 6.83. The van der Waals surface area contributed by atoms with Crippen molar-refractivity contribution in [1.29, 1.82) is 0 Å². The van der Waals surface area contributed by atoms with E-state index < -0.39 is 11.4 Å². The smallest absolute Gasteiger partial charge is 0.327 e. The number of ether oxygens (including phenoxy) is 1. The van der Waals surface area contributed by atoms with Crippen molar-refractivity contribution in [2.45, 2.75) is 11.8 Å². The molecule has 0 amide bonds. The van der Waals surface area contributed by atoms with Gasteiger partial charge in [-0.1, -0.05) is 97.1 Å².